The van der Waals surface area contributed by atoms with Gasteiger partial charge >= 0.3 is 0 Å². The molecule has 0 atom stereocenters. The summed E-state index contributed by atoms with van der Waals surface area (Å²) in [5.41, 5.74) is -0.783. The highest BCUT2D eigenvalue weighted by Gasteiger charge is 2.49. The van der Waals surface area contributed by atoms with Crippen LogP contribution in [0.4, 0.5) is 0 Å². The number of nitriles is 1. The van der Waals surface area contributed by atoms with Crippen molar-refractivity contribution in [1.82, 2.24) is 9.29 Å². The Morgan fingerprint density at radius 2 is 2.11 bits per heavy atom. The van der Waals surface area contributed by atoms with Crippen LogP contribution in [-0.2, 0) is 10.0 Å². The molecule has 0 unspecified atom stereocenters. The van der Waals surface area contributed by atoms with E-state index in [2.05, 4.69) is 4.98 Å². The van der Waals surface area contributed by atoms with Gasteiger partial charge in [-0.1, -0.05) is 13.8 Å². The molecular weight excluding hydrogens is 266 g/mol. The zero-order chi connectivity index (χ0) is 14.3. The van der Waals surface area contributed by atoms with Gasteiger partial charge in [-0.05, 0) is 18.1 Å². The van der Waals surface area contributed by atoms with Gasteiger partial charge in [-0.3, -0.25) is 0 Å². The number of pyridine rings is 1. The molecule has 0 aliphatic carbocycles. The lowest BCUT2D eigenvalue weighted by Crippen LogP contribution is -2.65. The number of nitrogens with zero attached hydrogens (tertiary/aromatic N) is 3. The van der Waals surface area contributed by atoms with E-state index in [1.54, 1.807) is 0 Å². The molecule has 1 aliphatic rings. The molecule has 0 saturated carbocycles. The maximum absolute atomic E-state index is 12.2. The summed E-state index contributed by atoms with van der Waals surface area (Å²) in [7, 11) is -3.63. The van der Waals surface area contributed by atoms with E-state index < -0.39 is 15.6 Å². The summed E-state index contributed by atoms with van der Waals surface area (Å²) < 4.78 is 25.7. The molecule has 0 radical (unpaired) electrons. The number of aromatic nitrogens is 1. The Balaban J connectivity index is 2.19. The summed E-state index contributed by atoms with van der Waals surface area (Å²) in [5.74, 6) is -0.00181. The van der Waals surface area contributed by atoms with Crippen molar-refractivity contribution in [3.05, 3.63) is 24.0 Å². The van der Waals surface area contributed by atoms with Crippen molar-refractivity contribution in [1.29, 1.82) is 5.26 Å². The smallest absolute Gasteiger partial charge is 0.244 e. The topological polar surface area (TPSA) is 94.3 Å². The molecule has 1 aliphatic heterocycles. The molecule has 102 valence electrons. The summed E-state index contributed by atoms with van der Waals surface area (Å²) in [4.78, 5) is 3.79. The van der Waals surface area contributed by atoms with E-state index in [1.807, 2.05) is 19.9 Å². The molecule has 1 fully saturated rings. The largest absolute Gasteiger partial charge is 0.387 e. The highest BCUT2D eigenvalue weighted by Crippen LogP contribution is 2.32. The molecule has 1 aromatic rings. The first-order valence-corrected chi connectivity index (χ1v) is 7.32. The number of β-amino-alcohol motifs (C(OH)–C–C–N with tert-alkyl or cyclic N) is 1. The molecule has 2 rings (SSSR count). The van der Waals surface area contributed by atoms with Crippen LogP contribution in [0.2, 0.25) is 0 Å². The second kappa shape index (κ2) is 4.56. The van der Waals surface area contributed by atoms with Gasteiger partial charge in [0.05, 0.1) is 5.60 Å². The van der Waals surface area contributed by atoms with E-state index in [4.69, 9.17) is 5.26 Å². The van der Waals surface area contributed by atoms with Crippen LogP contribution in [0.3, 0.4) is 0 Å². The molecule has 1 aromatic heterocycles. The molecule has 2 heterocycles. The quantitative estimate of drug-likeness (QED) is 0.862. The monoisotopic (exact) mass is 281 g/mol. The van der Waals surface area contributed by atoms with Gasteiger partial charge in [0.2, 0.25) is 10.0 Å². The van der Waals surface area contributed by atoms with Gasteiger partial charge < -0.3 is 5.11 Å². The maximum atomic E-state index is 12.2. The highest BCUT2D eigenvalue weighted by atomic mass is 32.2. The number of rotatable bonds is 3. The predicted molar refractivity (Wildman–Crippen MR) is 67.5 cm³/mol. The van der Waals surface area contributed by atoms with Crippen LogP contribution in [-0.4, -0.2) is 41.5 Å². The summed E-state index contributed by atoms with van der Waals surface area (Å²) in [6, 6.07) is 4.55. The van der Waals surface area contributed by atoms with Crippen LogP contribution in [0.1, 0.15) is 19.5 Å². The molecule has 0 spiro atoms. The Morgan fingerprint density at radius 1 is 1.47 bits per heavy atom. The van der Waals surface area contributed by atoms with Crippen LogP contribution in [0.15, 0.2) is 23.2 Å². The van der Waals surface area contributed by atoms with Crippen molar-refractivity contribution in [3.63, 3.8) is 0 Å². The van der Waals surface area contributed by atoms with Crippen molar-refractivity contribution in [2.24, 2.45) is 5.92 Å². The fourth-order valence-corrected chi connectivity index (χ4v) is 3.36. The first kappa shape index (κ1) is 13.9. The zero-order valence-electron chi connectivity index (χ0n) is 10.7. The number of hydrogen-bond acceptors (Lipinski definition) is 5. The van der Waals surface area contributed by atoms with E-state index in [0.717, 1.165) is 0 Å². The number of hydrogen-bond donors (Lipinski definition) is 1. The van der Waals surface area contributed by atoms with Gasteiger partial charge in [0.25, 0.3) is 0 Å². The Hall–Kier alpha value is -1.49. The van der Waals surface area contributed by atoms with Gasteiger partial charge in [-0.2, -0.15) is 9.57 Å². The Morgan fingerprint density at radius 3 is 2.53 bits per heavy atom. The molecule has 1 saturated heterocycles. The van der Waals surface area contributed by atoms with E-state index in [0.29, 0.717) is 0 Å². The third kappa shape index (κ3) is 2.34. The van der Waals surface area contributed by atoms with E-state index in [1.165, 1.54) is 22.6 Å². The average Bonchev–Trinajstić information content (AvgIpc) is 2.34. The Bertz CT molecular complexity index is 611. The number of sulfonamides is 1. The minimum atomic E-state index is -3.63. The Kier molecular flexibility index (Phi) is 3.34. The fraction of sp³-hybridized carbons (Fsp3) is 0.500. The molecule has 1 N–H and O–H groups in total. The average molecular weight is 281 g/mol. The van der Waals surface area contributed by atoms with Crippen LogP contribution < -0.4 is 0 Å². The predicted octanol–water partition coefficient (Wildman–Crippen LogP) is 0.345. The molecule has 7 heteroatoms. The summed E-state index contributed by atoms with van der Waals surface area (Å²) in [5, 5.41) is 18.7. The van der Waals surface area contributed by atoms with Crippen molar-refractivity contribution < 1.29 is 13.5 Å². The van der Waals surface area contributed by atoms with Gasteiger partial charge in [0.1, 0.15) is 16.7 Å². The van der Waals surface area contributed by atoms with Gasteiger partial charge in [-0.25, -0.2) is 13.4 Å². The number of aliphatic hydroxyl groups is 1. The summed E-state index contributed by atoms with van der Waals surface area (Å²) >= 11 is 0. The molecule has 0 bridgehead atoms. The lowest BCUT2D eigenvalue weighted by Gasteiger charge is -2.47. The van der Waals surface area contributed by atoms with E-state index in [-0.39, 0.29) is 29.6 Å². The minimum absolute atomic E-state index is 0.00181. The van der Waals surface area contributed by atoms with Crippen molar-refractivity contribution in [2.45, 2.75) is 24.3 Å². The van der Waals surface area contributed by atoms with Crippen LogP contribution in [0, 0.1) is 17.2 Å². The third-order valence-electron chi connectivity index (χ3n) is 3.46. The summed E-state index contributed by atoms with van der Waals surface area (Å²) in [6.45, 7) is 3.89. The maximum Gasteiger partial charge on any atom is 0.244 e. The first-order valence-electron chi connectivity index (χ1n) is 5.88. The highest BCUT2D eigenvalue weighted by molar-refractivity contribution is 7.89. The SMILES string of the molecule is CC(C)C1(O)CN(S(=O)(=O)c2ccc(C#N)nc2)C1. The van der Waals surface area contributed by atoms with Crippen molar-refractivity contribution >= 4 is 10.0 Å². The van der Waals surface area contributed by atoms with Gasteiger partial charge in [0, 0.05) is 19.3 Å². The lowest BCUT2D eigenvalue weighted by atomic mass is 9.85. The lowest BCUT2D eigenvalue weighted by molar-refractivity contribution is -0.0932. The molecule has 19 heavy (non-hydrogen) atoms. The second-order valence-electron chi connectivity index (χ2n) is 5.02. The van der Waals surface area contributed by atoms with E-state index in [9.17, 15) is 13.5 Å². The first-order chi connectivity index (χ1) is 8.79. The van der Waals surface area contributed by atoms with E-state index >= 15 is 0 Å². The molecule has 0 amide bonds. The standard InChI is InChI=1S/C12H15N3O3S/c1-9(2)12(16)7-15(8-12)19(17,18)11-4-3-10(5-13)14-6-11/h3-4,6,9,16H,7-8H2,1-2H3. The minimum Gasteiger partial charge on any atom is -0.387 e. The zero-order valence-corrected chi connectivity index (χ0v) is 11.6. The van der Waals surface area contributed by atoms with Crippen LogP contribution >= 0.6 is 0 Å². The van der Waals surface area contributed by atoms with Crippen LogP contribution in [0.5, 0.6) is 0 Å². The third-order valence-corrected chi connectivity index (χ3v) is 5.24. The van der Waals surface area contributed by atoms with Crippen molar-refractivity contribution in [2.75, 3.05) is 13.1 Å². The normalized spacial score (nSPS) is 18.9. The van der Waals surface area contributed by atoms with Gasteiger partial charge in [0.15, 0.2) is 0 Å². The molecule has 0 aromatic carbocycles. The van der Waals surface area contributed by atoms with Crippen molar-refractivity contribution in [3.8, 4) is 6.07 Å². The Labute approximate surface area is 112 Å². The fourth-order valence-electron chi connectivity index (χ4n) is 1.85. The second-order valence-corrected chi connectivity index (χ2v) is 6.96. The van der Waals surface area contributed by atoms with Gasteiger partial charge in [-0.15, -0.1) is 0 Å². The van der Waals surface area contributed by atoms with Crippen LogP contribution in [0.25, 0.3) is 0 Å². The summed E-state index contributed by atoms with van der Waals surface area (Å²) in [6.07, 6.45) is 1.17. The molecule has 6 nitrogen and oxygen atoms in total. The molecular formula is C12H15N3O3S.